The van der Waals surface area contributed by atoms with E-state index >= 15 is 0 Å². The van der Waals surface area contributed by atoms with Gasteiger partial charge in [0.1, 0.15) is 10.7 Å². The van der Waals surface area contributed by atoms with Crippen LogP contribution in [0.4, 0.5) is 10.1 Å². The van der Waals surface area contributed by atoms with Crippen LogP contribution in [0.15, 0.2) is 21.5 Å². The fourth-order valence-corrected chi connectivity index (χ4v) is 4.32. The van der Waals surface area contributed by atoms with E-state index in [0.717, 1.165) is 31.7 Å². The van der Waals surface area contributed by atoms with E-state index in [1.807, 2.05) is 0 Å². The number of halogens is 2. The highest BCUT2D eigenvalue weighted by Gasteiger charge is 2.27. The van der Waals surface area contributed by atoms with Gasteiger partial charge >= 0.3 is 0 Å². The van der Waals surface area contributed by atoms with Crippen molar-refractivity contribution in [3.63, 3.8) is 0 Å². The van der Waals surface area contributed by atoms with Gasteiger partial charge < -0.3 is 5.73 Å². The first-order valence-electron chi connectivity index (χ1n) is 6.17. The maximum absolute atomic E-state index is 13.3. The first-order valence-corrected chi connectivity index (χ1v) is 8.41. The van der Waals surface area contributed by atoms with E-state index in [9.17, 15) is 12.8 Å². The van der Waals surface area contributed by atoms with Gasteiger partial charge in [-0.3, -0.25) is 0 Å². The molecule has 0 atom stereocenters. The Morgan fingerprint density at radius 1 is 1.16 bits per heavy atom. The number of sulfonamides is 1. The minimum atomic E-state index is -3.64. The Hall–Kier alpha value is -0.660. The van der Waals surface area contributed by atoms with Gasteiger partial charge in [-0.1, -0.05) is 12.8 Å². The van der Waals surface area contributed by atoms with Gasteiger partial charge in [0, 0.05) is 13.1 Å². The molecule has 1 fully saturated rings. The van der Waals surface area contributed by atoms with Crippen LogP contribution in [0.25, 0.3) is 0 Å². The molecule has 0 saturated carbocycles. The van der Waals surface area contributed by atoms with Gasteiger partial charge in [0.15, 0.2) is 0 Å². The molecule has 0 radical (unpaired) electrons. The van der Waals surface area contributed by atoms with Crippen molar-refractivity contribution in [3.8, 4) is 0 Å². The first-order chi connectivity index (χ1) is 8.93. The molecule has 1 aliphatic heterocycles. The zero-order valence-corrected chi connectivity index (χ0v) is 12.8. The van der Waals surface area contributed by atoms with Crippen LogP contribution >= 0.6 is 15.9 Å². The molecule has 1 aromatic carbocycles. The van der Waals surface area contributed by atoms with E-state index < -0.39 is 15.8 Å². The van der Waals surface area contributed by atoms with Crippen LogP contribution < -0.4 is 5.73 Å². The van der Waals surface area contributed by atoms with Crippen molar-refractivity contribution in [2.45, 2.75) is 30.6 Å². The van der Waals surface area contributed by atoms with E-state index in [4.69, 9.17) is 5.73 Å². The van der Waals surface area contributed by atoms with Crippen molar-refractivity contribution in [2.75, 3.05) is 18.8 Å². The second-order valence-electron chi connectivity index (χ2n) is 4.62. The molecule has 2 rings (SSSR count). The van der Waals surface area contributed by atoms with Crippen molar-refractivity contribution >= 4 is 31.6 Å². The van der Waals surface area contributed by atoms with E-state index in [2.05, 4.69) is 15.9 Å². The second kappa shape index (κ2) is 5.76. The average molecular weight is 351 g/mol. The summed E-state index contributed by atoms with van der Waals surface area (Å²) in [6, 6.07) is 2.28. The number of nitrogens with two attached hydrogens (primary N) is 1. The Labute approximate surface area is 121 Å². The molecule has 0 aromatic heterocycles. The van der Waals surface area contributed by atoms with Crippen LogP contribution in [0, 0.1) is 5.82 Å². The maximum atomic E-state index is 13.3. The van der Waals surface area contributed by atoms with Crippen LogP contribution in [0.1, 0.15) is 25.7 Å². The Balaban J connectivity index is 2.41. The third-order valence-corrected chi connectivity index (χ3v) is 5.80. The minimum absolute atomic E-state index is 0.0253. The van der Waals surface area contributed by atoms with Crippen LogP contribution in [0.3, 0.4) is 0 Å². The summed E-state index contributed by atoms with van der Waals surface area (Å²) >= 11 is 3.00. The van der Waals surface area contributed by atoms with Crippen LogP contribution in [-0.2, 0) is 10.0 Å². The molecular weight excluding hydrogens is 335 g/mol. The van der Waals surface area contributed by atoms with Gasteiger partial charge in [-0.15, -0.1) is 0 Å². The number of hydrogen-bond donors (Lipinski definition) is 1. The van der Waals surface area contributed by atoms with Crippen LogP contribution in [0.5, 0.6) is 0 Å². The lowest BCUT2D eigenvalue weighted by Gasteiger charge is -2.21. The topological polar surface area (TPSA) is 63.4 Å². The summed E-state index contributed by atoms with van der Waals surface area (Å²) in [7, 11) is -3.64. The van der Waals surface area contributed by atoms with Crippen LogP contribution in [0.2, 0.25) is 0 Å². The predicted molar refractivity (Wildman–Crippen MR) is 75.7 cm³/mol. The summed E-state index contributed by atoms with van der Waals surface area (Å²) < 4.78 is 39.9. The number of rotatable bonds is 2. The first kappa shape index (κ1) is 14.7. The zero-order valence-electron chi connectivity index (χ0n) is 10.4. The van der Waals surface area contributed by atoms with Crippen molar-refractivity contribution < 1.29 is 12.8 Å². The molecule has 106 valence electrons. The summed E-state index contributed by atoms with van der Waals surface area (Å²) in [5.74, 6) is -0.563. The summed E-state index contributed by atoms with van der Waals surface area (Å²) in [6.45, 7) is 0.994. The molecule has 1 heterocycles. The highest BCUT2D eigenvalue weighted by Crippen LogP contribution is 2.29. The Morgan fingerprint density at radius 2 is 1.74 bits per heavy atom. The van der Waals surface area contributed by atoms with Gasteiger partial charge in [-0.05, 0) is 40.9 Å². The molecule has 0 unspecified atom stereocenters. The molecular formula is C12H16BrFN2O2S. The second-order valence-corrected chi connectivity index (χ2v) is 7.38. The van der Waals surface area contributed by atoms with Gasteiger partial charge in [0.25, 0.3) is 0 Å². The lowest BCUT2D eigenvalue weighted by atomic mass is 10.2. The highest BCUT2D eigenvalue weighted by molar-refractivity contribution is 9.10. The highest BCUT2D eigenvalue weighted by atomic mass is 79.9. The third kappa shape index (κ3) is 3.09. The lowest BCUT2D eigenvalue weighted by Crippen LogP contribution is -2.32. The molecule has 1 aliphatic rings. The normalized spacial score (nSPS) is 18.2. The number of nitrogen functional groups attached to an aromatic ring is 1. The lowest BCUT2D eigenvalue weighted by molar-refractivity contribution is 0.424. The summed E-state index contributed by atoms with van der Waals surface area (Å²) in [5, 5.41) is 0. The molecule has 0 amide bonds. The monoisotopic (exact) mass is 350 g/mol. The van der Waals surface area contributed by atoms with E-state index in [-0.39, 0.29) is 15.1 Å². The molecule has 0 bridgehead atoms. The van der Waals surface area contributed by atoms with Crippen molar-refractivity contribution in [3.05, 3.63) is 22.4 Å². The molecule has 19 heavy (non-hydrogen) atoms. The van der Waals surface area contributed by atoms with Gasteiger partial charge in [-0.2, -0.15) is 4.31 Å². The molecule has 0 spiro atoms. The molecule has 2 N–H and O–H groups in total. The van der Waals surface area contributed by atoms with Crippen molar-refractivity contribution in [2.24, 2.45) is 0 Å². The number of hydrogen-bond acceptors (Lipinski definition) is 3. The molecule has 4 nitrogen and oxygen atoms in total. The van der Waals surface area contributed by atoms with Gasteiger partial charge in [0.2, 0.25) is 10.0 Å². The summed E-state index contributed by atoms with van der Waals surface area (Å²) in [4.78, 5) is -0.0253. The number of benzene rings is 1. The van der Waals surface area contributed by atoms with Crippen LogP contribution in [-0.4, -0.2) is 25.8 Å². The standard InChI is InChI=1S/C12H16BrFN2O2S/c13-9-7-12(11(15)8-10(9)14)19(17,18)16-5-3-1-2-4-6-16/h7-8H,1-6,15H2. The fourth-order valence-electron chi connectivity index (χ4n) is 2.19. The van der Waals surface area contributed by atoms with Crippen molar-refractivity contribution in [1.29, 1.82) is 0 Å². The molecule has 0 aliphatic carbocycles. The fraction of sp³-hybridized carbons (Fsp3) is 0.500. The maximum Gasteiger partial charge on any atom is 0.245 e. The molecule has 7 heteroatoms. The van der Waals surface area contributed by atoms with E-state index in [1.165, 1.54) is 10.4 Å². The van der Waals surface area contributed by atoms with Gasteiger partial charge in [0.05, 0.1) is 10.2 Å². The number of anilines is 1. The Kier molecular flexibility index (Phi) is 4.47. The van der Waals surface area contributed by atoms with Crippen molar-refractivity contribution in [1.82, 2.24) is 4.31 Å². The molecule has 1 saturated heterocycles. The van der Waals surface area contributed by atoms with Gasteiger partial charge in [-0.25, -0.2) is 12.8 Å². The largest absolute Gasteiger partial charge is 0.398 e. The quantitative estimate of drug-likeness (QED) is 0.834. The zero-order chi connectivity index (χ0) is 14.0. The van der Waals surface area contributed by atoms with E-state index in [0.29, 0.717) is 13.1 Å². The summed E-state index contributed by atoms with van der Waals surface area (Å²) in [5.41, 5.74) is 5.60. The SMILES string of the molecule is Nc1cc(F)c(Br)cc1S(=O)(=O)N1CCCCCC1. The Bertz CT molecular complexity index is 569. The average Bonchev–Trinajstić information content (AvgIpc) is 2.62. The smallest absolute Gasteiger partial charge is 0.245 e. The Morgan fingerprint density at radius 3 is 2.32 bits per heavy atom. The predicted octanol–water partition coefficient (Wildman–Crippen LogP) is 2.74. The number of nitrogens with zero attached hydrogens (tertiary/aromatic N) is 1. The minimum Gasteiger partial charge on any atom is -0.398 e. The summed E-state index contributed by atoms with van der Waals surface area (Å²) in [6.07, 6.45) is 3.77. The van der Waals surface area contributed by atoms with E-state index in [1.54, 1.807) is 0 Å². The molecule has 1 aromatic rings. The third-order valence-electron chi connectivity index (χ3n) is 3.24.